The molecule has 0 aromatic carbocycles. The Labute approximate surface area is 188 Å². The topological polar surface area (TPSA) is 94.9 Å². The first-order valence-electron chi connectivity index (χ1n) is 11.0. The molecule has 0 aliphatic carbocycles. The number of carbonyl (C=O) groups is 1. The Kier molecular flexibility index (Phi) is 10.1. The molecule has 1 unspecified atom stereocenters. The molecule has 0 aromatic rings. The number of carbonyl (C=O) groups excluding carboxylic acids is 1. The summed E-state index contributed by atoms with van der Waals surface area (Å²) in [7, 11) is 5.84. The first-order valence-corrected chi connectivity index (χ1v) is 11.0. The van der Waals surface area contributed by atoms with E-state index in [4.69, 9.17) is 19.3 Å². The van der Waals surface area contributed by atoms with E-state index in [-0.39, 0.29) is 48.0 Å². The zero-order valence-corrected chi connectivity index (χ0v) is 21.1. The van der Waals surface area contributed by atoms with E-state index in [0.29, 0.717) is 19.8 Å². The van der Waals surface area contributed by atoms with E-state index in [1.54, 1.807) is 6.92 Å². The van der Waals surface area contributed by atoms with Crippen LogP contribution in [0, 0.1) is 0 Å². The molecule has 3 saturated heterocycles. The lowest BCUT2D eigenvalue weighted by molar-refractivity contribution is -0.112. The number of hydrogen-bond donors (Lipinski definition) is 2. The Hall–Kier alpha value is -0.650. The molecule has 3 heterocycles. The largest absolute Gasteiger partial charge is 0.395 e. The van der Waals surface area contributed by atoms with Crippen LogP contribution in [-0.4, -0.2) is 120 Å². The SMILES string of the molecule is CC(O)[C@@H]1COC(C)(C)N1C.CN1[C@H](C=O)COC1(C)C.CN1[C@H](CO)COC1(C)C. The molecular weight excluding hydrogens is 402 g/mol. The number of nitrogens with zero attached hydrogens (tertiary/aromatic N) is 3. The van der Waals surface area contributed by atoms with Crippen molar-refractivity contribution in [1.82, 2.24) is 14.7 Å². The molecule has 3 aliphatic rings. The number of aldehydes is 1. The van der Waals surface area contributed by atoms with E-state index < -0.39 is 0 Å². The van der Waals surface area contributed by atoms with Crippen LogP contribution in [0.1, 0.15) is 48.5 Å². The summed E-state index contributed by atoms with van der Waals surface area (Å²) in [5.41, 5.74) is -0.694. The summed E-state index contributed by atoms with van der Waals surface area (Å²) in [5.74, 6) is 0. The van der Waals surface area contributed by atoms with E-state index in [0.717, 1.165) is 6.29 Å². The van der Waals surface area contributed by atoms with Gasteiger partial charge in [0.25, 0.3) is 0 Å². The highest BCUT2D eigenvalue weighted by molar-refractivity contribution is 5.58. The molecule has 4 atom stereocenters. The Morgan fingerprint density at radius 3 is 1.52 bits per heavy atom. The van der Waals surface area contributed by atoms with Crippen molar-refractivity contribution in [3.05, 3.63) is 0 Å². The lowest BCUT2D eigenvalue weighted by Crippen LogP contribution is -2.44. The fourth-order valence-corrected chi connectivity index (χ4v) is 3.53. The van der Waals surface area contributed by atoms with Crippen molar-refractivity contribution < 1.29 is 29.2 Å². The maximum absolute atomic E-state index is 10.4. The smallest absolute Gasteiger partial charge is 0.139 e. The van der Waals surface area contributed by atoms with E-state index in [2.05, 4.69) is 4.90 Å². The van der Waals surface area contributed by atoms with Crippen molar-refractivity contribution >= 4 is 6.29 Å². The van der Waals surface area contributed by atoms with Crippen molar-refractivity contribution in [2.24, 2.45) is 0 Å². The highest BCUT2D eigenvalue weighted by Gasteiger charge is 2.40. The van der Waals surface area contributed by atoms with Crippen LogP contribution in [0.15, 0.2) is 0 Å². The summed E-state index contributed by atoms with van der Waals surface area (Å²) in [6.07, 6.45) is 0.608. The summed E-state index contributed by atoms with van der Waals surface area (Å²) in [6, 6.07) is 0.259. The van der Waals surface area contributed by atoms with Gasteiger partial charge in [-0.2, -0.15) is 0 Å². The van der Waals surface area contributed by atoms with E-state index >= 15 is 0 Å². The van der Waals surface area contributed by atoms with Gasteiger partial charge in [-0.15, -0.1) is 0 Å². The van der Waals surface area contributed by atoms with Gasteiger partial charge in [-0.25, -0.2) is 0 Å². The molecule has 9 nitrogen and oxygen atoms in total. The van der Waals surface area contributed by atoms with Crippen LogP contribution in [0.5, 0.6) is 0 Å². The molecule has 184 valence electrons. The second kappa shape index (κ2) is 11.0. The Bertz CT molecular complexity index is 569. The first kappa shape index (κ1) is 28.4. The lowest BCUT2D eigenvalue weighted by Gasteiger charge is -2.30. The molecule has 0 spiro atoms. The molecule has 0 bridgehead atoms. The predicted molar refractivity (Wildman–Crippen MR) is 120 cm³/mol. The second-order valence-corrected chi connectivity index (χ2v) is 9.95. The zero-order chi connectivity index (χ0) is 24.2. The van der Waals surface area contributed by atoms with E-state index in [9.17, 15) is 9.90 Å². The second-order valence-electron chi connectivity index (χ2n) is 9.95. The van der Waals surface area contributed by atoms with Gasteiger partial charge in [0.05, 0.1) is 50.7 Å². The third kappa shape index (κ3) is 7.17. The van der Waals surface area contributed by atoms with Crippen molar-refractivity contribution in [2.45, 2.75) is 89.9 Å². The highest BCUT2D eigenvalue weighted by Crippen LogP contribution is 2.26. The average Bonchev–Trinajstić information content (AvgIpc) is 3.21. The molecule has 3 rings (SSSR count). The van der Waals surface area contributed by atoms with Gasteiger partial charge in [0.1, 0.15) is 23.5 Å². The normalized spacial score (nSPS) is 33.2. The fraction of sp³-hybridized carbons (Fsp3) is 0.955. The minimum atomic E-state index is -0.318. The zero-order valence-electron chi connectivity index (χ0n) is 21.1. The number of ether oxygens (including phenoxy) is 3. The van der Waals surface area contributed by atoms with Crippen molar-refractivity contribution in [3.63, 3.8) is 0 Å². The standard InChI is InChI=1S/C8H17NO2.C7H15NO2.C7H13NO2/c1-6(10)7-5-11-8(2,3)9(7)4;2*1-7(2)8(3)6(4-9)5-10-7/h6-7,10H,5H2,1-4H3;6,9H,4-5H2,1-3H3;4,6H,5H2,1-3H3/t6?,7-;2*6-/m011/s1. The minimum absolute atomic E-state index is 0.0602. The summed E-state index contributed by atoms with van der Waals surface area (Å²) < 4.78 is 16.3. The monoisotopic (exact) mass is 447 g/mol. The van der Waals surface area contributed by atoms with Crippen LogP contribution in [0.25, 0.3) is 0 Å². The van der Waals surface area contributed by atoms with Gasteiger partial charge in [0.15, 0.2) is 0 Å². The maximum Gasteiger partial charge on any atom is 0.139 e. The van der Waals surface area contributed by atoms with Crippen LogP contribution in [0.4, 0.5) is 0 Å². The van der Waals surface area contributed by atoms with Crippen LogP contribution < -0.4 is 0 Å². The molecule has 31 heavy (non-hydrogen) atoms. The first-order chi connectivity index (χ1) is 14.1. The Morgan fingerprint density at radius 2 is 1.32 bits per heavy atom. The van der Waals surface area contributed by atoms with Gasteiger partial charge in [0, 0.05) is 0 Å². The quantitative estimate of drug-likeness (QED) is 0.607. The summed E-state index contributed by atoms with van der Waals surface area (Å²) in [5, 5.41) is 18.2. The van der Waals surface area contributed by atoms with E-state index in [1.165, 1.54) is 0 Å². The predicted octanol–water partition coefficient (Wildman–Crippen LogP) is 0.731. The van der Waals surface area contributed by atoms with E-state index in [1.807, 2.05) is 72.5 Å². The Morgan fingerprint density at radius 1 is 0.871 bits per heavy atom. The molecule has 0 aromatic heterocycles. The lowest BCUT2D eigenvalue weighted by atomic mass is 10.1. The number of aliphatic hydroxyl groups is 2. The summed E-state index contributed by atoms with van der Waals surface area (Å²) in [6.45, 7) is 15.7. The van der Waals surface area contributed by atoms with Crippen molar-refractivity contribution in [2.75, 3.05) is 47.6 Å². The average molecular weight is 448 g/mol. The summed E-state index contributed by atoms with van der Waals surface area (Å²) in [4.78, 5) is 16.4. The molecule has 0 radical (unpaired) electrons. The van der Waals surface area contributed by atoms with Gasteiger partial charge in [-0.3, -0.25) is 14.7 Å². The number of rotatable bonds is 3. The van der Waals surface area contributed by atoms with Gasteiger partial charge in [-0.1, -0.05) is 0 Å². The van der Waals surface area contributed by atoms with Crippen molar-refractivity contribution in [1.29, 1.82) is 0 Å². The molecule has 0 saturated carbocycles. The fourth-order valence-electron chi connectivity index (χ4n) is 3.53. The molecule has 3 fully saturated rings. The molecule has 2 N–H and O–H groups in total. The third-order valence-corrected chi connectivity index (χ3v) is 6.86. The maximum atomic E-state index is 10.4. The summed E-state index contributed by atoms with van der Waals surface area (Å²) >= 11 is 0. The van der Waals surface area contributed by atoms with Gasteiger partial charge in [-0.05, 0) is 69.6 Å². The van der Waals surface area contributed by atoms with Crippen LogP contribution in [0.2, 0.25) is 0 Å². The molecular formula is C22H45N3O6. The van der Waals surface area contributed by atoms with Gasteiger partial charge < -0.3 is 29.2 Å². The Balaban J connectivity index is 0.000000233. The highest BCUT2D eigenvalue weighted by atomic mass is 16.5. The third-order valence-electron chi connectivity index (χ3n) is 6.86. The molecule has 9 heteroatoms. The van der Waals surface area contributed by atoms with Crippen LogP contribution in [0.3, 0.4) is 0 Å². The number of likely N-dealkylation sites (N-methyl/N-ethyl adjacent to an activating group) is 3. The van der Waals surface area contributed by atoms with Crippen molar-refractivity contribution in [3.8, 4) is 0 Å². The van der Waals surface area contributed by atoms with Crippen LogP contribution >= 0.6 is 0 Å². The molecule has 3 aliphatic heterocycles. The minimum Gasteiger partial charge on any atom is -0.395 e. The molecule has 0 amide bonds. The van der Waals surface area contributed by atoms with Gasteiger partial charge >= 0.3 is 0 Å². The van der Waals surface area contributed by atoms with Crippen LogP contribution in [-0.2, 0) is 19.0 Å². The van der Waals surface area contributed by atoms with Gasteiger partial charge in [0.2, 0.25) is 0 Å². The number of hydrogen-bond acceptors (Lipinski definition) is 9. The number of aliphatic hydroxyl groups excluding tert-OH is 2.